The largest absolute Gasteiger partial charge is 0.467 e. The quantitative estimate of drug-likeness (QED) is 0.746. The van der Waals surface area contributed by atoms with Gasteiger partial charge in [-0.05, 0) is 15.9 Å². The van der Waals surface area contributed by atoms with Crippen molar-refractivity contribution >= 4 is 27.7 Å². The monoisotopic (exact) mass is 301 g/mol. The molecule has 0 spiro atoms. The summed E-state index contributed by atoms with van der Waals surface area (Å²) < 4.78 is 10.8. The van der Waals surface area contributed by atoms with Crippen LogP contribution < -0.4 is 4.90 Å². The number of hydrogen-bond acceptors (Lipinski definition) is 6. The molecule has 1 aliphatic rings. The Balaban J connectivity index is 2.12. The van der Waals surface area contributed by atoms with Crippen molar-refractivity contribution < 1.29 is 14.3 Å². The molecular weight excluding hydrogens is 290 g/mol. The van der Waals surface area contributed by atoms with Gasteiger partial charge in [-0.1, -0.05) is 0 Å². The predicted octanol–water partition coefficient (Wildman–Crippen LogP) is 0.617. The third-order valence-electron chi connectivity index (χ3n) is 2.48. The van der Waals surface area contributed by atoms with E-state index in [1.54, 1.807) is 6.20 Å². The molecule has 2 heterocycles. The van der Waals surface area contributed by atoms with Crippen molar-refractivity contribution in [2.45, 2.75) is 6.10 Å². The van der Waals surface area contributed by atoms with E-state index in [2.05, 4.69) is 30.6 Å². The van der Waals surface area contributed by atoms with Gasteiger partial charge in [-0.2, -0.15) is 0 Å². The molecule has 7 heteroatoms. The molecule has 1 atom stereocenters. The highest BCUT2D eigenvalue weighted by Gasteiger charge is 2.28. The maximum atomic E-state index is 11.4. The van der Waals surface area contributed by atoms with Crippen LogP contribution in [0.5, 0.6) is 0 Å². The molecule has 1 aliphatic heterocycles. The SMILES string of the molecule is COC(=O)C1CN(c2ncncc2Br)CCO1. The van der Waals surface area contributed by atoms with Crippen molar-refractivity contribution in [3.05, 3.63) is 17.0 Å². The van der Waals surface area contributed by atoms with Gasteiger partial charge in [-0.25, -0.2) is 14.8 Å². The highest BCUT2D eigenvalue weighted by atomic mass is 79.9. The number of methoxy groups -OCH3 is 1. The van der Waals surface area contributed by atoms with Crippen molar-refractivity contribution in [1.29, 1.82) is 0 Å². The summed E-state index contributed by atoms with van der Waals surface area (Å²) in [5, 5.41) is 0. The maximum Gasteiger partial charge on any atom is 0.336 e. The summed E-state index contributed by atoms with van der Waals surface area (Å²) in [7, 11) is 1.35. The summed E-state index contributed by atoms with van der Waals surface area (Å²) in [4.78, 5) is 21.5. The molecule has 2 rings (SSSR count). The lowest BCUT2D eigenvalue weighted by molar-refractivity contribution is -0.154. The third-order valence-corrected chi connectivity index (χ3v) is 3.04. The van der Waals surface area contributed by atoms with E-state index >= 15 is 0 Å². The Morgan fingerprint density at radius 3 is 3.24 bits per heavy atom. The Morgan fingerprint density at radius 1 is 1.71 bits per heavy atom. The average molecular weight is 302 g/mol. The number of hydrogen-bond donors (Lipinski definition) is 0. The topological polar surface area (TPSA) is 64.5 Å². The molecular formula is C10H12BrN3O3. The second-order valence-electron chi connectivity index (χ2n) is 3.52. The van der Waals surface area contributed by atoms with E-state index in [1.807, 2.05) is 4.90 Å². The normalized spacial score (nSPS) is 20.1. The molecule has 0 radical (unpaired) electrons. The first-order valence-corrected chi connectivity index (χ1v) is 5.91. The zero-order valence-electron chi connectivity index (χ0n) is 9.30. The Morgan fingerprint density at radius 2 is 2.53 bits per heavy atom. The summed E-state index contributed by atoms with van der Waals surface area (Å²) >= 11 is 3.38. The molecule has 0 bridgehead atoms. The standard InChI is InChI=1S/C10H12BrN3O3/c1-16-10(15)8-5-14(2-3-17-8)9-7(11)4-12-6-13-9/h4,6,8H,2-3,5H2,1H3. The number of rotatable bonds is 2. The number of carbonyl (C=O) groups excluding carboxylic acids is 1. The van der Waals surface area contributed by atoms with Crippen LogP contribution in [0.2, 0.25) is 0 Å². The molecule has 0 saturated carbocycles. The molecule has 1 aromatic rings. The minimum Gasteiger partial charge on any atom is -0.467 e. The van der Waals surface area contributed by atoms with Crippen LogP contribution in [0.4, 0.5) is 5.82 Å². The first-order chi connectivity index (χ1) is 8.22. The Labute approximate surface area is 107 Å². The number of carbonyl (C=O) groups is 1. The number of ether oxygens (including phenoxy) is 2. The second kappa shape index (κ2) is 5.42. The molecule has 1 fully saturated rings. The van der Waals surface area contributed by atoms with Crippen LogP contribution in [0.3, 0.4) is 0 Å². The van der Waals surface area contributed by atoms with E-state index in [1.165, 1.54) is 13.4 Å². The lowest BCUT2D eigenvalue weighted by Crippen LogP contribution is -2.47. The molecule has 1 unspecified atom stereocenters. The van der Waals surface area contributed by atoms with Gasteiger partial charge in [0.05, 0.1) is 24.7 Å². The smallest absolute Gasteiger partial charge is 0.336 e. The van der Waals surface area contributed by atoms with Crippen LogP contribution in [0.1, 0.15) is 0 Å². The van der Waals surface area contributed by atoms with Crippen LogP contribution in [0.15, 0.2) is 17.0 Å². The molecule has 0 aromatic carbocycles. The average Bonchev–Trinajstić information content (AvgIpc) is 2.38. The van der Waals surface area contributed by atoms with Gasteiger partial charge in [-0.15, -0.1) is 0 Å². The molecule has 92 valence electrons. The highest BCUT2D eigenvalue weighted by molar-refractivity contribution is 9.10. The molecule has 0 N–H and O–H groups in total. The van der Waals surface area contributed by atoms with Crippen molar-refractivity contribution in [3.8, 4) is 0 Å². The molecule has 1 saturated heterocycles. The van der Waals surface area contributed by atoms with Crippen LogP contribution in [-0.2, 0) is 14.3 Å². The number of halogens is 1. The van der Waals surface area contributed by atoms with E-state index in [4.69, 9.17) is 4.74 Å². The van der Waals surface area contributed by atoms with Crippen molar-refractivity contribution in [2.75, 3.05) is 31.7 Å². The van der Waals surface area contributed by atoms with Gasteiger partial charge in [0.1, 0.15) is 12.1 Å². The first kappa shape index (κ1) is 12.3. The van der Waals surface area contributed by atoms with Crippen LogP contribution in [0, 0.1) is 0 Å². The van der Waals surface area contributed by atoms with Gasteiger partial charge in [0.15, 0.2) is 6.10 Å². The van der Waals surface area contributed by atoms with Crippen molar-refractivity contribution in [1.82, 2.24) is 9.97 Å². The lowest BCUT2D eigenvalue weighted by atomic mass is 10.2. The van der Waals surface area contributed by atoms with E-state index in [0.29, 0.717) is 19.7 Å². The fraction of sp³-hybridized carbons (Fsp3) is 0.500. The van der Waals surface area contributed by atoms with Gasteiger partial charge in [0, 0.05) is 12.7 Å². The van der Waals surface area contributed by atoms with Gasteiger partial charge < -0.3 is 14.4 Å². The number of aromatic nitrogens is 2. The van der Waals surface area contributed by atoms with Gasteiger partial charge in [-0.3, -0.25) is 0 Å². The number of morpholine rings is 1. The minimum atomic E-state index is -0.560. The fourth-order valence-electron chi connectivity index (χ4n) is 1.65. The Kier molecular flexibility index (Phi) is 3.90. The van der Waals surface area contributed by atoms with Gasteiger partial charge >= 0.3 is 5.97 Å². The first-order valence-electron chi connectivity index (χ1n) is 5.12. The summed E-state index contributed by atoms with van der Waals surface area (Å²) in [5.41, 5.74) is 0. The van der Waals surface area contributed by atoms with Crippen LogP contribution >= 0.6 is 15.9 Å². The zero-order chi connectivity index (χ0) is 12.3. The molecule has 0 amide bonds. The molecule has 17 heavy (non-hydrogen) atoms. The van der Waals surface area contributed by atoms with Crippen molar-refractivity contribution in [3.63, 3.8) is 0 Å². The van der Waals surface area contributed by atoms with E-state index < -0.39 is 6.10 Å². The zero-order valence-corrected chi connectivity index (χ0v) is 10.9. The summed E-state index contributed by atoms with van der Waals surface area (Å²) in [6.45, 7) is 1.58. The number of anilines is 1. The van der Waals surface area contributed by atoms with Crippen molar-refractivity contribution in [2.24, 2.45) is 0 Å². The third kappa shape index (κ3) is 2.73. The maximum absolute atomic E-state index is 11.4. The van der Waals surface area contributed by atoms with Gasteiger partial charge in [0.25, 0.3) is 0 Å². The molecule has 1 aromatic heterocycles. The van der Waals surface area contributed by atoms with Crippen LogP contribution in [0.25, 0.3) is 0 Å². The minimum absolute atomic E-state index is 0.361. The number of esters is 1. The number of nitrogens with zero attached hydrogens (tertiary/aromatic N) is 3. The molecule has 0 aliphatic carbocycles. The predicted molar refractivity (Wildman–Crippen MR) is 63.7 cm³/mol. The summed E-state index contributed by atoms with van der Waals surface area (Å²) in [6, 6.07) is 0. The molecule has 6 nitrogen and oxygen atoms in total. The highest BCUT2D eigenvalue weighted by Crippen LogP contribution is 2.23. The Hall–Kier alpha value is -1.21. The van der Waals surface area contributed by atoms with Crippen LogP contribution in [-0.4, -0.2) is 48.8 Å². The second-order valence-corrected chi connectivity index (χ2v) is 4.38. The summed E-state index contributed by atoms with van der Waals surface area (Å²) in [6.07, 6.45) is 2.59. The van der Waals surface area contributed by atoms with Gasteiger partial charge in [0.2, 0.25) is 0 Å². The lowest BCUT2D eigenvalue weighted by Gasteiger charge is -2.32. The van der Waals surface area contributed by atoms with E-state index in [0.717, 1.165) is 10.3 Å². The van der Waals surface area contributed by atoms with E-state index in [9.17, 15) is 4.79 Å². The Bertz CT molecular complexity index is 416. The van der Waals surface area contributed by atoms with E-state index in [-0.39, 0.29) is 5.97 Å². The fourth-order valence-corrected chi connectivity index (χ4v) is 2.13. The summed E-state index contributed by atoms with van der Waals surface area (Å²) in [5.74, 6) is 0.400.